The van der Waals surface area contributed by atoms with Crippen molar-refractivity contribution < 1.29 is 4.79 Å². The first-order valence-electron chi connectivity index (χ1n) is 9.79. The molecule has 5 nitrogen and oxygen atoms in total. The van der Waals surface area contributed by atoms with Gasteiger partial charge in [0.2, 0.25) is 5.91 Å². The van der Waals surface area contributed by atoms with E-state index >= 15 is 0 Å². The largest absolute Gasteiger partial charge is 0.358 e. The fraction of sp³-hybridized carbons (Fsp3) is 0.261. The van der Waals surface area contributed by atoms with E-state index in [0.717, 1.165) is 35.1 Å². The maximum absolute atomic E-state index is 13.0. The van der Waals surface area contributed by atoms with Gasteiger partial charge < -0.3 is 10.3 Å². The molecular weight excluding hydrogens is 380 g/mol. The van der Waals surface area contributed by atoms with Crippen molar-refractivity contribution in [1.82, 2.24) is 19.0 Å². The maximum Gasteiger partial charge on any atom is 0.229 e. The Morgan fingerprint density at radius 1 is 1.14 bits per heavy atom. The number of benzene rings is 2. The van der Waals surface area contributed by atoms with Crippen LogP contribution in [0.3, 0.4) is 0 Å². The minimum Gasteiger partial charge on any atom is -0.358 e. The Morgan fingerprint density at radius 3 is 2.72 bits per heavy atom. The predicted octanol–water partition coefficient (Wildman–Crippen LogP) is 4.32. The summed E-state index contributed by atoms with van der Waals surface area (Å²) in [5.41, 5.74) is 6.69. The van der Waals surface area contributed by atoms with E-state index in [9.17, 15) is 4.79 Å². The topological polar surface area (TPSA) is 70.7 Å². The summed E-state index contributed by atoms with van der Waals surface area (Å²) in [6, 6.07) is 16.4. The molecule has 2 heterocycles. The van der Waals surface area contributed by atoms with Crippen LogP contribution in [-0.2, 0) is 17.6 Å². The summed E-state index contributed by atoms with van der Waals surface area (Å²) in [4.78, 5) is 16.5. The van der Waals surface area contributed by atoms with E-state index in [1.54, 1.807) is 6.20 Å². The van der Waals surface area contributed by atoms with E-state index in [1.807, 2.05) is 30.3 Å². The van der Waals surface area contributed by atoms with E-state index < -0.39 is 0 Å². The Kier molecular flexibility index (Phi) is 5.71. The smallest absolute Gasteiger partial charge is 0.229 e. The van der Waals surface area contributed by atoms with Crippen LogP contribution in [0, 0.1) is 13.8 Å². The van der Waals surface area contributed by atoms with Crippen molar-refractivity contribution in [3.63, 3.8) is 0 Å². The van der Waals surface area contributed by atoms with Gasteiger partial charge in [-0.05, 0) is 43.4 Å². The van der Waals surface area contributed by atoms with Crippen LogP contribution in [0.2, 0.25) is 0 Å². The van der Waals surface area contributed by atoms with E-state index in [2.05, 4.69) is 51.1 Å². The Hall–Kier alpha value is -2.99. The third-order valence-corrected chi connectivity index (χ3v) is 5.86. The number of nitrogens with one attached hydrogen (secondary N) is 2. The summed E-state index contributed by atoms with van der Waals surface area (Å²) in [5, 5.41) is 4.36. The van der Waals surface area contributed by atoms with Crippen molar-refractivity contribution >= 4 is 28.5 Å². The third kappa shape index (κ3) is 4.22. The highest BCUT2D eigenvalue weighted by Crippen LogP contribution is 2.25. The molecule has 0 saturated heterocycles. The van der Waals surface area contributed by atoms with Gasteiger partial charge in [0.1, 0.15) is 0 Å². The zero-order valence-electron chi connectivity index (χ0n) is 16.6. The van der Waals surface area contributed by atoms with Crippen LogP contribution >= 0.6 is 11.7 Å². The van der Waals surface area contributed by atoms with Gasteiger partial charge in [0, 0.05) is 23.1 Å². The zero-order chi connectivity index (χ0) is 20.2. The lowest BCUT2D eigenvalue weighted by atomic mass is 9.95. The lowest BCUT2D eigenvalue weighted by Gasteiger charge is -2.15. The average Bonchev–Trinajstić information content (AvgIpc) is 3.36. The number of para-hydroxylation sites is 1. The number of rotatable bonds is 7. The fourth-order valence-corrected chi connectivity index (χ4v) is 4.28. The van der Waals surface area contributed by atoms with E-state index in [0.29, 0.717) is 13.0 Å². The van der Waals surface area contributed by atoms with Gasteiger partial charge in [-0.1, -0.05) is 48.5 Å². The second-order valence-electron chi connectivity index (χ2n) is 7.34. The SMILES string of the molecule is Cc1[nH]c2c(C)cccc2c1CCNC(=O)C(Cc1ccccc1)c1cnsn1. The van der Waals surface area contributed by atoms with Crippen LogP contribution < -0.4 is 5.32 Å². The number of amides is 1. The summed E-state index contributed by atoms with van der Waals surface area (Å²) in [6.07, 6.45) is 3.10. The Labute approximate surface area is 174 Å². The number of aromatic nitrogens is 3. The quantitative estimate of drug-likeness (QED) is 0.482. The highest BCUT2D eigenvalue weighted by atomic mass is 32.1. The first-order chi connectivity index (χ1) is 14.1. The number of aromatic amines is 1. The van der Waals surface area contributed by atoms with Crippen LogP contribution in [0.25, 0.3) is 10.9 Å². The first-order valence-corrected chi connectivity index (χ1v) is 10.5. The molecule has 4 aromatic rings. The van der Waals surface area contributed by atoms with Crippen molar-refractivity contribution in [2.24, 2.45) is 0 Å². The predicted molar refractivity (Wildman–Crippen MR) is 117 cm³/mol. The average molecular weight is 405 g/mol. The summed E-state index contributed by atoms with van der Waals surface area (Å²) >= 11 is 1.14. The van der Waals surface area contributed by atoms with Crippen molar-refractivity contribution in [2.45, 2.75) is 32.6 Å². The van der Waals surface area contributed by atoms with E-state index in [1.165, 1.54) is 22.0 Å². The van der Waals surface area contributed by atoms with Gasteiger partial charge in [-0.3, -0.25) is 4.79 Å². The molecule has 6 heteroatoms. The van der Waals surface area contributed by atoms with Crippen LogP contribution in [0.5, 0.6) is 0 Å². The number of carbonyl (C=O) groups is 1. The third-order valence-electron chi connectivity index (χ3n) is 5.37. The van der Waals surface area contributed by atoms with Crippen LogP contribution in [-0.4, -0.2) is 26.2 Å². The minimum atomic E-state index is -0.331. The number of carbonyl (C=O) groups excluding carboxylic acids is 1. The van der Waals surface area contributed by atoms with Crippen molar-refractivity contribution in [2.75, 3.05) is 6.54 Å². The molecule has 4 rings (SSSR count). The molecule has 0 radical (unpaired) electrons. The highest BCUT2D eigenvalue weighted by molar-refractivity contribution is 6.99. The van der Waals surface area contributed by atoms with Gasteiger partial charge in [0.15, 0.2) is 0 Å². The molecular formula is C23H24N4OS. The normalized spacial score (nSPS) is 12.2. The molecule has 0 aliphatic rings. The number of H-pyrrole nitrogens is 1. The molecule has 148 valence electrons. The first kappa shape index (κ1) is 19.3. The molecule has 0 saturated carbocycles. The number of fused-ring (bicyclic) bond motifs is 1. The zero-order valence-corrected chi connectivity index (χ0v) is 17.4. The maximum atomic E-state index is 13.0. The summed E-state index contributed by atoms with van der Waals surface area (Å²) in [6.45, 7) is 4.79. The van der Waals surface area contributed by atoms with Gasteiger partial charge in [-0.25, -0.2) is 0 Å². The lowest BCUT2D eigenvalue weighted by Crippen LogP contribution is -2.32. The van der Waals surface area contributed by atoms with Crippen LogP contribution in [0.1, 0.15) is 34.0 Å². The van der Waals surface area contributed by atoms with Crippen molar-refractivity contribution in [3.8, 4) is 0 Å². The molecule has 2 aromatic heterocycles. The summed E-state index contributed by atoms with van der Waals surface area (Å²) in [5.74, 6) is -0.335. The Morgan fingerprint density at radius 2 is 1.97 bits per heavy atom. The van der Waals surface area contributed by atoms with Gasteiger partial charge in [0.05, 0.1) is 29.5 Å². The van der Waals surface area contributed by atoms with Crippen molar-refractivity contribution in [3.05, 3.63) is 82.8 Å². The van der Waals surface area contributed by atoms with Crippen LogP contribution in [0.15, 0.2) is 54.7 Å². The molecule has 0 bridgehead atoms. The monoisotopic (exact) mass is 404 g/mol. The standard InChI is InChI=1S/C23H24N4OS/c1-15-7-6-10-19-18(16(2)26-22(15)19)11-12-24-23(28)20(21-14-25-29-27-21)13-17-8-4-3-5-9-17/h3-10,14,20,26H,11-13H2,1-2H3,(H,24,28). The number of nitrogens with zero attached hydrogens (tertiary/aromatic N) is 2. The molecule has 0 aliphatic heterocycles. The molecule has 0 spiro atoms. The number of aryl methyl sites for hydroxylation is 2. The fourth-order valence-electron chi connectivity index (χ4n) is 3.81. The molecule has 0 aliphatic carbocycles. The van der Waals surface area contributed by atoms with Gasteiger partial charge in [-0.15, -0.1) is 0 Å². The van der Waals surface area contributed by atoms with Gasteiger partial charge in [0.25, 0.3) is 0 Å². The Bertz CT molecular complexity index is 1100. The molecule has 1 atom stereocenters. The second kappa shape index (κ2) is 8.57. The molecule has 2 aromatic carbocycles. The minimum absolute atomic E-state index is 0.00442. The van der Waals surface area contributed by atoms with Crippen LogP contribution in [0.4, 0.5) is 0 Å². The molecule has 1 unspecified atom stereocenters. The Balaban J connectivity index is 1.46. The van der Waals surface area contributed by atoms with Gasteiger partial charge in [-0.2, -0.15) is 8.75 Å². The number of hydrogen-bond donors (Lipinski definition) is 2. The highest BCUT2D eigenvalue weighted by Gasteiger charge is 2.23. The van der Waals surface area contributed by atoms with E-state index in [-0.39, 0.29) is 11.8 Å². The molecule has 29 heavy (non-hydrogen) atoms. The molecule has 0 fully saturated rings. The summed E-state index contributed by atoms with van der Waals surface area (Å²) < 4.78 is 8.41. The molecule has 2 N–H and O–H groups in total. The number of hydrogen-bond acceptors (Lipinski definition) is 4. The van der Waals surface area contributed by atoms with Crippen molar-refractivity contribution in [1.29, 1.82) is 0 Å². The van der Waals surface area contributed by atoms with E-state index in [4.69, 9.17) is 0 Å². The molecule has 1 amide bonds. The summed E-state index contributed by atoms with van der Waals surface area (Å²) in [7, 11) is 0. The van der Waals surface area contributed by atoms with Gasteiger partial charge >= 0.3 is 0 Å². The second-order valence-corrected chi connectivity index (χ2v) is 7.90. The lowest BCUT2D eigenvalue weighted by molar-refractivity contribution is -0.122.